The first-order valence-corrected chi connectivity index (χ1v) is 5.82. The summed E-state index contributed by atoms with van der Waals surface area (Å²) in [6.07, 6.45) is 5.55. The fraction of sp³-hybridized carbons (Fsp3) is 0.538. The van der Waals surface area contributed by atoms with Gasteiger partial charge in [-0.05, 0) is 54.7 Å². The second-order valence-electron chi connectivity index (χ2n) is 5.10. The maximum atomic E-state index is 9.39. The van der Waals surface area contributed by atoms with E-state index in [1.807, 2.05) is 12.1 Å². The highest BCUT2D eigenvalue weighted by Crippen LogP contribution is 2.53. The molecule has 2 saturated carbocycles. The van der Waals surface area contributed by atoms with Gasteiger partial charge in [0.15, 0.2) is 0 Å². The van der Waals surface area contributed by atoms with E-state index in [0.29, 0.717) is 11.6 Å². The van der Waals surface area contributed by atoms with Gasteiger partial charge in [0, 0.05) is 0 Å². The van der Waals surface area contributed by atoms with Gasteiger partial charge in [-0.2, -0.15) is 0 Å². The molecule has 2 heteroatoms. The van der Waals surface area contributed by atoms with Crippen molar-refractivity contribution in [2.75, 3.05) is 5.73 Å². The first-order valence-electron chi connectivity index (χ1n) is 5.82. The largest absolute Gasteiger partial charge is 0.506 e. The Hall–Kier alpha value is -1.18. The lowest BCUT2D eigenvalue weighted by Crippen LogP contribution is -2.08. The summed E-state index contributed by atoms with van der Waals surface area (Å²) in [4.78, 5) is 0. The average molecular weight is 203 g/mol. The zero-order valence-corrected chi connectivity index (χ0v) is 8.82. The summed E-state index contributed by atoms with van der Waals surface area (Å²) < 4.78 is 0. The van der Waals surface area contributed by atoms with Gasteiger partial charge in [0.25, 0.3) is 0 Å². The summed E-state index contributed by atoms with van der Waals surface area (Å²) in [5.41, 5.74) is 7.59. The Kier molecular flexibility index (Phi) is 1.91. The molecule has 0 aliphatic heterocycles. The molecule has 15 heavy (non-hydrogen) atoms. The quantitative estimate of drug-likeness (QED) is 0.544. The number of benzene rings is 1. The molecule has 3 unspecified atom stereocenters. The maximum Gasteiger partial charge on any atom is 0.138 e. The van der Waals surface area contributed by atoms with Crippen LogP contribution in [0.1, 0.15) is 37.2 Å². The highest BCUT2D eigenvalue weighted by Gasteiger charge is 2.40. The average Bonchev–Trinajstić information content (AvgIpc) is 2.83. The summed E-state index contributed by atoms with van der Waals surface area (Å²) in [5.74, 6) is 2.74. The van der Waals surface area contributed by atoms with Crippen LogP contribution >= 0.6 is 0 Å². The number of nitrogens with two attached hydrogens (primary N) is 1. The molecule has 1 aromatic rings. The molecule has 2 nitrogen and oxygen atoms in total. The second kappa shape index (κ2) is 3.16. The van der Waals surface area contributed by atoms with Crippen LogP contribution in [0.25, 0.3) is 0 Å². The van der Waals surface area contributed by atoms with Crippen LogP contribution in [0, 0.1) is 11.8 Å². The molecule has 2 fully saturated rings. The van der Waals surface area contributed by atoms with Gasteiger partial charge in [-0.1, -0.05) is 12.5 Å². The zero-order valence-electron chi connectivity index (χ0n) is 8.82. The van der Waals surface area contributed by atoms with E-state index in [2.05, 4.69) is 0 Å². The van der Waals surface area contributed by atoms with Gasteiger partial charge in [0.2, 0.25) is 0 Å². The number of hydrogen-bond donors (Lipinski definition) is 2. The number of hydrogen-bond acceptors (Lipinski definition) is 2. The lowest BCUT2D eigenvalue weighted by Gasteiger charge is -2.22. The van der Waals surface area contributed by atoms with Crippen molar-refractivity contribution in [3.05, 3.63) is 23.8 Å². The van der Waals surface area contributed by atoms with Gasteiger partial charge in [0.05, 0.1) is 5.69 Å². The first-order chi connectivity index (χ1) is 7.24. The topological polar surface area (TPSA) is 46.2 Å². The van der Waals surface area contributed by atoms with Crippen molar-refractivity contribution in [2.24, 2.45) is 11.8 Å². The van der Waals surface area contributed by atoms with E-state index in [0.717, 1.165) is 11.8 Å². The van der Waals surface area contributed by atoms with Crippen LogP contribution in [0.2, 0.25) is 0 Å². The highest BCUT2D eigenvalue weighted by atomic mass is 16.3. The van der Waals surface area contributed by atoms with Crippen molar-refractivity contribution >= 4 is 5.69 Å². The number of phenols is 1. The lowest BCUT2D eigenvalue weighted by molar-refractivity contribution is 0.419. The van der Waals surface area contributed by atoms with E-state index in [9.17, 15) is 5.11 Å². The summed E-state index contributed by atoms with van der Waals surface area (Å²) in [7, 11) is 0. The van der Waals surface area contributed by atoms with Crippen LogP contribution in [-0.4, -0.2) is 5.11 Å². The molecule has 0 spiro atoms. The third kappa shape index (κ3) is 1.39. The molecule has 2 aliphatic rings. The van der Waals surface area contributed by atoms with Crippen LogP contribution in [-0.2, 0) is 0 Å². The van der Waals surface area contributed by atoms with Crippen LogP contribution in [0.5, 0.6) is 5.75 Å². The number of phenolic OH excluding ortho intramolecular Hbond substituents is 1. The lowest BCUT2D eigenvalue weighted by atomic mass is 9.83. The Morgan fingerprint density at radius 3 is 2.67 bits per heavy atom. The van der Waals surface area contributed by atoms with Crippen LogP contribution in [0.3, 0.4) is 0 Å². The SMILES string of the molecule is Nc1cc(C2CC3CCC2C3)ccc1O. The van der Waals surface area contributed by atoms with Gasteiger partial charge in [-0.15, -0.1) is 0 Å². The molecule has 0 heterocycles. The van der Waals surface area contributed by atoms with Crippen molar-refractivity contribution in [3.8, 4) is 5.75 Å². The van der Waals surface area contributed by atoms with Crippen molar-refractivity contribution in [1.82, 2.24) is 0 Å². The van der Waals surface area contributed by atoms with Crippen LogP contribution in [0.4, 0.5) is 5.69 Å². The van der Waals surface area contributed by atoms with Gasteiger partial charge < -0.3 is 10.8 Å². The second-order valence-corrected chi connectivity index (χ2v) is 5.10. The standard InChI is InChI=1S/C13H17NO/c14-12-7-10(3-4-13(12)15)11-6-8-1-2-9(11)5-8/h3-4,7-9,11,15H,1-2,5-6,14H2. The van der Waals surface area contributed by atoms with Crippen molar-refractivity contribution < 1.29 is 5.11 Å². The molecule has 0 saturated heterocycles. The number of nitrogen functional groups attached to an aromatic ring is 1. The Labute approximate surface area is 90.1 Å². The summed E-state index contributed by atoms with van der Waals surface area (Å²) in [5, 5.41) is 9.39. The molecule has 1 aromatic carbocycles. The molecule has 2 bridgehead atoms. The minimum absolute atomic E-state index is 0.210. The van der Waals surface area contributed by atoms with E-state index in [-0.39, 0.29) is 5.75 Å². The Balaban J connectivity index is 1.90. The molecule has 0 amide bonds. The van der Waals surface area contributed by atoms with Crippen molar-refractivity contribution in [2.45, 2.75) is 31.6 Å². The number of aromatic hydroxyl groups is 1. The first kappa shape index (κ1) is 9.08. The van der Waals surface area contributed by atoms with Gasteiger partial charge in [0.1, 0.15) is 5.75 Å². The predicted octanol–water partition coefficient (Wildman–Crippen LogP) is 2.88. The third-order valence-corrected chi connectivity index (χ3v) is 4.22. The van der Waals surface area contributed by atoms with E-state index in [1.165, 1.54) is 31.2 Å². The Morgan fingerprint density at radius 2 is 2.07 bits per heavy atom. The van der Waals surface area contributed by atoms with Crippen molar-refractivity contribution in [1.29, 1.82) is 0 Å². The fourth-order valence-electron chi connectivity index (χ4n) is 3.46. The number of fused-ring (bicyclic) bond motifs is 2. The van der Waals surface area contributed by atoms with E-state index in [4.69, 9.17) is 5.73 Å². The maximum absolute atomic E-state index is 9.39. The highest BCUT2D eigenvalue weighted by molar-refractivity contribution is 5.54. The molecular formula is C13H17NO. The van der Waals surface area contributed by atoms with Crippen LogP contribution < -0.4 is 5.73 Å². The van der Waals surface area contributed by atoms with Crippen molar-refractivity contribution in [3.63, 3.8) is 0 Å². The molecule has 2 aliphatic carbocycles. The smallest absolute Gasteiger partial charge is 0.138 e. The van der Waals surface area contributed by atoms with Gasteiger partial charge in [-0.3, -0.25) is 0 Å². The monoisotopic (exact) mass is 203 g/mol. The molecule has 80 valence electrons. The predicted molar refractivity (Wildman–Crippen MR) is 60.7 cm³/mol. The van der Waals surface area contributed by atoms with E-state index >= 15 is 0 Å². The van der Waals surface area contributed by atoms with E-state index in [1.54, 1.807) is 6.07 Å². The fourth-order valence-corrected chi connectivity index (χ4v) is 3.46. The van der Waals surface area contributed by atoms with E-state index < -0.39 is 0 Å². The molecular weight excluding hydrogens is 186 g/mol. The Morgan fingerprint density at radius 1 is 1.20 bits per heavy atom. The normalized spacial score (nSPS) is 33.5. The summed E-state index contributed by atoms with van der Waals surface area (Å²) in [6.45, 7) is 0. The third-order valence-electron chi connectivity index (χ3n) is 4.22. The number of rotatable bonds is 1. The molecule has 3 N–H and O–H groups in total. The molecule has 0 aromatic heterocycles. The summed E-state index contributed by atoms with van der Waals surface area (Å²) in [6, 6.07) is 5.73. The minimum Gasteiger partial charge on any atom is -0.506 e. The minimum atomic E-state index is 0.210. The zero-order chi connectivity index (χ0) is 10.4. The number of anilines is 1. The summed E-state index contributed by atoms with van der Waals surface area (Å²) >= 11 is 0. The molecule has 3 atom stereocenters. The van der Waals surface area contributed by atoms with Crippen LogP contribution in [0.15, 0.2) is 18.2 Å². The Bertz CT molecular complexity index is 388. The van der Waals surface area contributed by atoms with Gasteiger partial charge >= 0.3 is 0 Å². The molecule has 0 radical (unpaired) electrons. The molecule has 3 rings (SSSR count). The van der Waals surface area contributed by atoms with Gasteiger partial charge in [-0.25, -0.2) is 0 Å².